The van der Waals surface area contributed by atoms with Crippen LogP contribution in [0.15, 0.2) is 24.3 Å². The Morgan fingerprint density at radius 3 is 1.86 bits per heavy atom. The summed E-state index contributed by atoms with van der Waals surface area (Å²) in [4.78, 5) is 2.43. The molecule has 0 aliphatic heterocycles. The van der Waals surface area contributed by atoms with E-state index >= 15 is 0 Å². The van der Waals surface area contributed by atoms with E-state index in [0.29, 0.717) is 6.73 Å². The van der Waals surface area contributed by atoms with Crippen LogP contribution in [-0.4, -0.2) is 44.4 Å². The van der Waals surface area contributed by atoms with Crippen molar-refractivity contribution >= 4 is 11.4 Å². The van der Waals surface area contributed by atoms with Crippen LogP contribution in [0.1, 0.15) is 85.0 Å². The van der Waals surface area contributed by atoms with E-state index in [-0.39, 0.29) is 0 Å². The van der Waals surface area contributed by atoms with Crippen LogP contribution in [0.3, 0.4) is 0 Å². The summed E-state index contributed by atoms with van der Waals surface area (Å²) in [5.74, 6) is 0. The van der Waals surface area contributed by atoms with Gasteiger partial charge in [-0.25, -0.2) is 0 Å². The van der Waals surface area contributed by atoms with Crippen LogP contribution < -0.4 is 10.6 Å². The van der Waals surface area contributed by atoms with Crippen molar-refractivity contribution in [2.24, 2.45) is 0 Å². The fourth-order valence-electron chi connectivity index (χ4n) is 3.57. The summed E-state index contributed by atoms with van der Waals surface area (Å²) in [6.45, 7) is 12.4. The number of rotatable bonds is 20. The normalized spacial score (nSPS) is 11.2. The molecule has 0 aromatic heterocycles. The average molecular weight is 406 g/mol. The molecule has 4 nitrogen and oxygen atoms in total. The Bertz CT molecular complexity index is 477. The van der Waals surface area contributed by atoms with Crippen molar-refractivity contribution in [1.82, 2.24) is 4.90 Å². The first kappa shape index (κ1) is 25.8. The summed E-state index contributed by atoms with van der Waals surface area (Å²) in [6, 6.07) is 8.40. The van der Waals surface area contributed by atoms with Gasteiger partial charge in [-0.15, -0.1) is 0 Å². The first-order chi connectivity index (χ1) is 14.3. The van der Waals surface area contributed by atoms with Crippen molar-refractivity contribution in [3.63, 3.8) is 0 Å². The molecule has 1 aromatic rings. The molecule has 1 aromatic carbocycles. The quantitative estimate of drug-likeness (QED) is 0.186. The number of hydrogen-bond donors (Lipinski definition) is 2. The molecule has 0 saturated carbocycles. The van der Waals surface area contributed by atoms with Gasteiger partial charge < -0.3 is 20.3 Å². The Balaban J connectivity index is 2.04. The van der Waals surface area contributed by atoms with Gasteiger partial charge in [-0.3, -0.25) is 0 Å². The van der Waals surface area contributed by atoms with Crippen LogP contribution in [0.25, 0.3) is 0 Å². The number of anilines is 2. The lowest BCUT2D eigenvalue weighted by Crippen LogP contribution is -2.28. The Labute approximate surface area is 180 Å². The Kier molecular flexibility index (Phi) is 16.7. The summed E-state index contributed by atoms with van der Waals surface area (Å²) < 4.78 is 5.79. The van der Waals surface area contributed by atoms with Gasteiger partial charge in [0.2, 0.25) is 0 Å². The van der Waals surface area contributed by atoms with E-state index in [1.165, 1.54) is 64.2 Å². The van der Waals surface area contributed by atoms with Crippen LogP contribution in [0.4, 0.5) is 11.4 Å². The minimum atomic E-state index is 0.576. The Hall–Kier alpha value is -1.26. The maximum atomic E-state index is 5.79. The maximum Gasteiger partial charge on any atom is 0.116 e. The lowest BCUT2D eigenvalue weighted by molar-refractivity contribution is 0.147. The van der Waals surface area contributed by atoms with Crippen molar-refractivity contribution in [1.29, 1.82) is 0 Å². The van der Waals surface area contributed by atoms with Gasteiger partial charge in [0.15, 0.2) is 0 Å². The highest BCUT2D eigenvalue weighted by Gasteiger charge is 2.02. The topological polar surface area (TPSA) is 36.5 Å². The molecule has 0 aliphatic carbocycles. The zero-order valence-electron chi connectivity index (χ0n) is 19.5. The van der Waals surface area contributed by atoms with Gasteiger partial charge in [-0.1, -0.05) is 90.7 Å². The molecular weight excluding hydrogens is 358 g/mol. The number of benzene rings is 1. The molecule has 0 unspecified atom stereocenters. The molecular formula is C25H47N3O. The number of hydrogen-bond acceptors (Lipinski definition) is 4. The summed E-state index contributed by atoms with van der Waals surface area (Å²) in [7, 11) is 0. The van der Waals surface area contributed by atoms with E-state index in [4.69, 9.17) is 4.74 Å². The molecule has 0 aliphatic rings. The number of ether oxygens (including phenoxy) is 1. The highest BCUT2D eigenvalue weighted by atomic mass is 16.5. The van der Waals surface area contributed by atoms with Crippen LogP contribution in [0.2, 0.25) is 0 Å². The molecule has 2 N–H and O–H groups in total. The molecule has 4 heteroatoms. The number of likely N-dealkylation sites (N-methyl/N-ethyl adjacent to an activating group) is 1. The minimum absolute atomic E-state index is 0.576. The monoisotopic (exact) mass is 405 g/mol. The van der Waals surface area contributed by atoms with Gasteiger partial charge in [0, 0.05) is 19.7 Å². The van der Waals surface area contributed by atoms with E-state index in [1.807, 2.05) is 0 Å². The third kappa shape index (κ3) is 13.6. The first-order valence-corrected chi connectivity index (χ1v) is 12.2. The van der Waals surface area contributed by atoms with E-state index < -0.39 is 0 Å². The predicted octanol–water partition coefficient (Wildman–Crippen LogP) is 6.75. The molecule has 0 radical (unpaired) electrons. The molecule has 0 amide bonds. The van der Waals surface area contributed by atoms with Gasteiger partial charge >= 0.3 is 0 Å². The second-order valence-corrected chi connectivity index (χ2v) is 7.91. The second-order valence-electron chi connectivity index (χ2n) is 7.91. The molecule has 0 atom stereocenters. The second kappa shape index (κ2) is 18.7. The maximum absolute atomic E-state index is 5.79. The lowest BCUT2D eigenvalue weighted by atomic mass is 10.1. The molecule has 1 rings (SSSR count). The van der Waals surface area contributed by atoms with Crippen LogP contribution >= 0.6 is 0 Å². The summed E-state index contributed by atoms with van der Waals surface area (Å²) in [6.07, 6.45) is 13.6. The Morgan fingerprint density at radius 1 is 0.724 bits per heavy atom. The third-order valence-electron chi connectivity index (χ3n) is 5.57. The molecule has 0 fully saturated rings. The van der Waals surface area contributed by atoms with Crippen LogP contribution in [-0.2, 0) is 4.74 Å². The molecule has 0 saturated heterocycles. The highest BCUT2D eigenvalue weighted by Crippen LogP contribution is 2.20. The molecule has 0 heterocycles. The van der Waals surface area contributed by atoms with Gasteiger partial charge in [0.05, 0.1) is 11.4 Å². The molecule has 29 heavy (non-hydrogen) atoms. The zero-order valence-corrected chi connectivity index (χ0v) is 19.5. The highest BCUT2D eigenvalue weighted by molar-refractivity contribution is 5.68. The third-order valence-corrected chi connectivity index (χ3v) is 5.57. The van der Waals surface area contributed by atoms with E-state index in [0.717, 1.165) is 44.2 Å². The van der Waals surface area contributed by atoms with E-state index in [2.05, 4.69) is 60.6 Å². The van der Waals surface area contributed by atoms with Crippen molar-refractivity contribution < 1.29 is 4.74 Å². The summed E-state index contributed by atoms with van der Waals surface area (Å²) in [5, 5.41) is 6.97. The molecule has 168 valence electrons. The van der Waals surface area contributed by atoms with E-state index in [9.17, 15) is 0 Å². The van der Waals surface area contributed by atoms with Gasteiger partial charge in [-0.05, 0) is 31.6 Å². The van der Waals surface area contributed by atoms with E-state index in [1.54, 1.807) is 0 Å². The number of para-hydroxylation sites is 2. The van der Waals surface area contributed by atoms with Gasteiger partial charge in [0.1, 0.15) is 6.73 Å². The first-order valence-electron chi connectivity index (χ1n) is 12.2. The minimum Gasteiger partial charge on any atom is -0.382 e. The van der Waals surface area contributed by atoms with Gasteiger partial charge in [0.25, 0.3) is 0 Å². The SMILES string of the molecule is CCCCCCCCCCCCOCNc1ccccc1NCCN(CC)CC. The largest absolute Gasteiger partial charge is 0.382 e. The number of unbranched alkanes of at least 4 members (excludes halogenated alkanes) is 9. The smallest absolute Gasteiger partial charge is 0.116 e. The van der Waals surface area contributed by atoms with Crippen LogP contribution in [0.5, 0.6) is 0 Å². The van der Waals surface area contributed by atoms with Crippen molar-refractivity contribution in [3.05, 3.63) is 24.3 Å². The predicted molar refractivity (Wildman–Crippen MR) is 129 cm³/mol. The van der Waals surface area contributed by atoms with Crippen molar-refractivity contribution in [2.45, 2.75) is 85.0 Å². The van der Waals surface area contributed by atoms with Gasteiger partial charge in [-0.2, -0.15) is 0 Å². The fraction of sp³-hybridized carbons (Fsp3) is 0.760. The molecule has 0 spiro atoms. The summed E-state index contributed by atoms with van der Waals surface area (Å²) >= 11 is 0. The standard InChI is InChI=1S/C25H47N3O/c1-4-7-8-9-10-11-12-13-14-17-22-29-23-27-25-19-16-15-18-24(25)26-20-21-28(5-2)6-3/h15-16,18-19,26-27H,4-14,17,20-23H2,1-3H3. The lowest BCUT2D eigenvalue weighted by Gasteiger charge is -2.19. The average Bonchev–Trinajstić information content (AvgIpc) is 2.75. The number of nitrogens with zero attached hydrogens (tertiary/aromatic N) is 1. The van der Waals surface area contributed by atoms with Crippen molar-refractivity contribution in [3.8, 4) is 0 Å². The van der Waals surface area contributed by atoms with Crippen LogP contribution in [0, 0.1) is 0 Å². The number of nitrogens with one attached hydrogen (secondary N) is 2. The Morgan fingerprint density at radius 2 is 1.28 bits per heavy atom. The van der Waals surface area contributed by atoms with Crippen molar-refractivity contribution in [2.75, 3.05) is 50.2 Å². The summed E-state index contributed by atoms with van der Waals surface area (Å²) in [5.41, 5.74) is 2.28. The molecule has 0 bridgehead atoms. The fourth-order valence-corrected chi connectivity index (χ4v) is 3.57. The zero-order chi connectivity index (χ0) is 21.0.